The van der Waals surface area contributed by atoms with Gasteiger partial charge < -0.3 is 63.8 Å². The van der Waals surface area contributed by atoms with Crippen LogP contribution in [0.1, 0.15) is 101 Å². The second kappa shape index (κ2) is 27.4. The van der Waals surface area contributed by atoms with E-state index in [2.05, 4.69) is 37.2 Å². The number of rotatable bonds is 27. The van der Waals surface area contributed by atoms with Crippen LogP contribution in [-0.4, -0.2) is 153 Å². The minimum absolute atomic E-state index is 0.0716. The minimum atomic E-state index is -1.56. The number of carbonyl (C=O) groups excluding carboxylic acids is 9. The number of hydrogen-bond donors (Lipinski definition) is 11. The van der Waals surface area contributed by atoms with Crippen molar-refractivity contribution in [3.05, 3.63) is 0 Å². The lowest BCUT2D eigenvalue weighted by atomic mass is 9.99. The van der Waals surface area contributed by atoms with Gasteiger partial charge in [-0.3, -0.25) is 43.2 Å². The second-order valence-electron chi connectivity index (χ2n) is 18.0. The number of nitrogens with zero attached hydrogens (tertiary/aromatic N) is 1. The van der Waals surface area contributed by atoms with Gasteiger partial charge in [0.2, 0.25) is 53.2 Å². The van der Waals surface area contributed by atoms with Crippen molar-refractivity contribution < 1.29 is 58.2 Å². The third kappa shape index (κ3) is 18.8. The quantitative estimate of drug-likeness (QED) is 0.0418. The van der Waals surface area contributed by atoms with E-state index in [9.17, 15) is 58.2 Å². The Kier molecular flexibility index (Phi) is 24.5. The van der Waals surface area contributed by atoms with E-state index in [4.69, 9.17) is 11.5 Å². The maximum absolute atomic E-state index is 14.1. The van der Waals surface area contributed by atoms with Gasteiger partial charge in [0.1, 0.15) is 48.3 Å². The van der Waals surface area contributed by atoms with Gasteiger partial charge in [-0.15, -0.1) is 0 Å². The number of carbonyl (C=O) groups is 10. The zero-order valence-electron chi connectivity index (χ0n) is 39.5. The van der Waals surface area contributed by atoms with E-state index in [1.807, 2.05) is 13.8 Å². The number of carboxylic acids is 1. The number of thioether (sulfide) groups is 1. The average molecular weight is 943 g/mol. The van der Waals surface area contributed by atoms with Crippen LogP contribution in [0.25, 0.3) is 0 Å². The molecule has 0 aliphatic carbocycles. The molecule has 1 saturated heterocycles. The van der Waals surface area contributed by atoms with Crippen LogP contribution in [0.5, 0.6) is 0 Å². The van der Waals surface area contributed by atoms with E-state index in [1.54, 1.807) is 47.8 Å². The van der Waals surface area contributed by atoms with Crippen molar-refractivity contribution in [1.82, 2.24) is 42.1 Å². The number of nitrogens with two attached hydrogens (primary N) is 2. The van der Waals surface area contributed by atoms with Crippen LogP contribution < -0.4 is 48.7 Å². The van der Waals surface area contributed by atoms with Crippen LogP contribution in [0.4, 0.5) is 0 Å². The SMILES string of the molecule is CSCC[C@@H](NC(=O)[C@@H]1CCCN1C(=O)[C@H](NC(=O)[C@H](CC(C)C)NC(=O)[C@H](N)CC(N)=O)C(C)C)C(=O)N[C@H](C(=O)N[C@@H](C)C(=O)N[C@H](C(=O)N[C@@H](C(=O)O)C(C)C)[C@H](C)O)C(C)C. The summed E-state index contributed by atoms with van der Waals surface area (Å²) in [7, 11) is 0. The van der Waals surface area contributed by atoms with Crippen LogP contribution in [0, 0.1) is 23.7 Å². The van der Waals surface area contributed by atoms with E-state index in [0.29, 0.717) is 12.2 Å². The van der Waals surface area contributed by atoms with Crippen molar-refractivity contribution in [3.8, 4) is 0 Å². The largest absolute Gasteiger partial charge is 0.480 e. The van der Waals surface area contributed by atoms with Gasteiger partial charge in [-0.25, -0.2) is 4.79 Å². The maximum atomic E-state index is 14.1. The van der Waals surface area contributed by atoms with Gasteiger partial charge in [-0.05, 0) is 75.2 Å². The van der Waals surface area contributed by atoms with E-state index in [0.717, 1.165) is 0 Å². The summed E-state index contributed by atoms with van der Waals surface area (Å²) in [6.07, 6.45) is 0.950. The molecule has 0 aromatic rings. The Balaban J connectivity index is 3.19. The Morgan fingerprint density at radius 3 is 1.65 bits per heavy atom. The van der Waals surface area contributed by atoms with Crippen molar-refractivity contribution in [2.24, 2.45) is 35.1 Å². The predicted molar refractivity (Wildman–Crippen MR) is 242 cm³/mol. The second-order valence-corrected chi connectivity index (χ2v) is 19.0. The summed E-state index contributed by atoms with van der Waals surface area (Å²) in [6.45, 7) is 16.2. The highest BCUT2D eigenvalue weighted by Crippen LogP contribution is 2.22. The standard InChI is InChI=1S/C42H74N10O12S/c1-19(2)17-27(47-35(56)25(43)18-29(44)54)37(58)49-31(21(5)6)41(62)52-15-12-13-28(52)38(59)46-26(14-16-65-11)36(57)48-30(20(3)4)39(60)45-23(9)34(55)51-33(24(10)53)40(61)50-32(22(7)8)42(63)64/h19-28,30-33,53H,12-18,43H2,1-11H3,(H2,44,54)(H,45,60)(H,46,59)(H,47,56)(H,48,57)(H,49,58)(H,50,61)(H,51,55)(H,63,64)/t23-,24-,25+,26+,27-,28-,30-,31+,32+,33-/m0/s1. The zero-order valence-corrected chi connectivity index (χ0v) is 40.3. The molecule has 1 aliphatic heterocycles. The number of hydrogen-bond acceptors (Lipinski definition) is 13. The first-order valence-electron chi connectivity index (χ1n) is 22.0. The van der Waals surface area contributed by atoms with Crippen LogP contribution in [0.3, 0.4) is 0 Å². The monoisotopic (exact) mass is 943 g/mol. The highest BCUT2D eigenvalue weighted by molar-refractivity contribution is 7.98. The number of aliphatic hydroxyl groups is 1. The van der Waals surface area contributed by atoms with E-state index in [1.165, 1.54) is 30.5 Å². The Labute approximate surface area is 385 Å². The van der Waals surface area contributed by atoms with Gasteiger partial charge >= 0.3 is 5.97 Å². The summed E-state index contributed by atoms with van der Waals surface area (Å²) < 4.78 is 0. The van der Waals surface area contributed by atoms with Crippen molar-refractivity contribution in [3.63, 3.8) is 0 Å². The molecule has 65 heavy (non-hydrogen) atoms. The first-order valence-corrected chi connectivity index (χ1v) is 23.4. The molecular weight excluding hydrogens is 869 g/mol. The third-order valence-corrected chi connectivity index (χ3v) is 11.3. The first-order chi connectivity index (χ1) is 30.1. The predicted octanol–water partition coefficient (Wildman–Crippen LogP) is -2.17. The van der Waals surface area contributed by atoms with Crippen LogP contribution in [0.2, 0.25) is 0 Å². The number of nitrogens with one attached hydrogen (secondary N) is 7. The average Bonchev–Trinajstić information content (AvgIpc) is 3.70. The van der Waals surface area contributed by atoms with Crippen LogP contribution in [-0.2, 0) is 47.9 Å². The number of primary amides is 1. The highest BCUT2D eigenvalue weighted by Gasteiger charge is 2.41. The molecule has 0 bridgehead atoms. The molecule has 9 amide bonds. The fourth-order valence-corrected chi connectivity index (χ4v) is 7.38. The molecule has 0 unspecified atom stereocenters. The van der Waals surface area contributed by atoms with Gasteiger partial charge in [-0.2, -0.15) is 11.8 Å². The topological polar surface area (TPSA) is 351 Å². The lowest BCUT2D eigenvalue weighted by Crippen LogP contribution is -2.61. The molecule has 13 N–H and O–H groups in total. The van der Waals surface area contributed by atoms with Crippen molar-refractivity contribution >= 4 is 70.9 Å². The minimum Gasteiger partial charge on any atom is -0.480 e. The van der Waals surface area contributed by atoms with E-state index >= 15 is 0 Å². The van der Waals surface area contributed by atoms with Gasteiger partial charge in [0.05, 0.1) is 18.6 Å². The molecule has 0 aromatic carbocycles. The van der Waals surface area contributed by atoms with Gasteiger partial charge in [0.25, 0.3) is 0 Å². The summed E-state index contributed by atoms with van der Waals surface area (Å²) in [5.74, 6) is -9.17. The number of aliphatic carboxylic acids is 1. The molecule has 23 heteroatoms. The van der Waals surface area contributed by atoms with Crippen molar-refractivity contribution in [2.45, 2.75) is 162 Å². The van der Waals surface area contributed by atoms with Crippen LogP contribution in [0.15, 0.2) is 0 Å². The fraction of sp³-hybridized carbons (Fsp3) is 0.762. The molecule has 22 nitrogen and oxygen atoms in total. The molecule has 1 aliphatic rings. The Bertz CT molecular complexity index is 1700. The molecule has 1 heterocycles. The summed E-state index contributed by atoms with van der Waals surface area (Å²) in [4.78, 5) is 132. The normalized spacial score (nSPS) is 18.0. The number of likely N-dealkylation sites (tertiary alicyclic amines) is 1. The van der Waals surface area contributed by atoms with Gasteiger partial charge in [0, 0.05) is 6.54 Å². The molecule has 0 saturated carbocycles. The molecule has 0 aromatic heterocycles. The molecule has 10 atom stereocenters. The first kappa shape index (κ1) is 58.0. The molecule has 1 fully saturated rings. The highest BCUT2D eigenvalue weighted by atomic mass is 32.2. The third-order valence-electron chi connectivity index (χ3n) is 10.7. The molecule has 1 rings (SSSR count). The molecule has 370 valence electrons. The lowest BCUT2D eigenvalue weighted by molar-refractivity contribution is -0.144. The summed E-state index contributed by atoms with van der Waals surface area (Å²) in [5.41, 5.74) is 11.0. The summed E-state index contributed by atoms with van der Waals surface area (Å²) >= 11 is 1.41. The number of aliphatic hydroxyl groups excluding tert-OH is 1. The maximum Gasteiger partial charge on any atom is 0.326 e. The number of carboxylic acid groups (broad SMARTS) is 1. The van der Waals surface area contributed by atoms with Gasteiger partial charge in [-0.1, -0.05) is 55.4 Å². The Morgan fingerprint density at radius 1 is 0.646 bits per heavy atom. The fourth-order valence-electron chi connectivity index (χ4n) is 6.91. The Morgan fingerprint density at radius 2 is 1.15 bits per heavy atom. The Hall–Kier alpha value is -5.03. The smallest absolute Gasteiger partial charge is 0.326 e. The molecule has 0 spiro atoms. The van der Waals surface area contributed by atoms with E-state index in [-0.39, 0.29) is 31.7 Å². The van der Waals surface area contributed by atoms with Crippen molar-refractivity contribution in [1.29, 1.82) is 0 Å². The zero-order chi connectivity index (χ0) is 50.0. The molecule has 0 radical (unpaired) electrons. The lowest BCUT2D eigenvalue weighted by Gasteiger charge is -2.32. The van der Waals surface area contributed by atoms with Crippen molar-refractivity contribution in [2.75, 3.05) is 18.6 Å². The summed E-state index contributed by atoms with van der Waals surface area (Å²) in [6, 6.07) is -11.0. The molecular formula is C42H74N10O12S. The number of amides is 9. The van der Waals surface area contributed by atoms with Crippen LogP contribution >= 0.6 is 11.8 Å². The summed E-state index contributed by atoms with van der Waals surface area (Å²) in [5, 5.41) is 37.6. The van der Waals surface area contributed by atoms with E-state index < -0.39 is 144 Å². The van der Waals surface area contributed by atoms with Gasteiger partial charge in [0.15, 0.2) is 0 Å².